The largest absolute Gasteiger partial charge is 0.497 e. The number of hydrogen-bond acceptors (Lipinski definition) is 7. The lowest BCUT2D eigenvalue weighted by atomic mass is 10.1. The van der Waals surface area contributed by atoms with E-state index in [4.69, 9.17) is 4.74 Å². The molecule has 10 heteroatoms. The fourth-order valence-corrected chi connectivity index (χ4v) is 5.14. The molecule has 2 aromatic carbocycles. The zero-order valence-corrected chi connectivity index (χ0v) is 18.8. The number of anilines is 2. The van der Waals surface area contributed by atoms with Gasteiger partial charge in [0.15, 0.2) is 5.16 Å². The Labute approximate surface area is 184 Å². The summed E-state index contributed by atoms with van der Waals surface area (Å²) in [5, 5.41) is 3.12. The average molecular weight is 457 g/mol. The van der Waals surface area contributed by atoms with Crippen LogP contribution in [0.1, 0.15) is 5.56 Å². The summed E-state index contributed by atoms with van der Waals surface area (Å²) in [5.41, 5.74) is 3.24. The highest BCUT2D eigenvalue weighted by atomic mass is 32.2. The number of thioether (sulfide) groups is 1. The van der Waals surface area contributed by atoms with Gasteiger partial charge in [-0.25, -0.2) is 18.4 Å². The molecule has 1 aliphatic heterocycles. The molecule has 0 fully saturated rings. The molecule has 160 valence electrons. The van der Waals surface area contributed by atoms with E-state index in [1.54, 1.807) is 37.4 Å². The van der Waals surface area contributed by atoms with Crippen LogP contribution in [0.2, 0.25) is 0 Å². The van der Waals surface area contributed by atoms with Gasteiger partial charge >= 0.3 is 0 Å². The zero-order valence-electron chi connectivity index (χ0n) is 17.1. The number of nitrogens with one attached hydrogen (secondary N) is 1. The number of carbonyl (C=O) groups is 1. The van der Waals surface area contributed by atoms with E-state index in [9.17, 15) is 13.2 Å². The molecule has 2 heterocycles. The molecule has 0 saturated heterocycles. The molecule has 0 radical (unpaired) electrons. The van der Waals surface area contributed by atoms with Gasteiger partial charge in [-0.2, -0.15) is 0 Å². The third-order valence-electron chi connectivity index (χ3n) is 4.80. The van der Waals surface area contributed by atoms with Crippen molar-refractivity contribution in [1.82, 2.24) is 9.97 Å². The quantitative estimate of drug-likeness (QED) is 0.464. The monoisotopic (exact) mass is 456 g/mol. The van der Waals surface area contributed by atoms with Crippen molar-refractivity contribution in [2.75, 3.05) is 29.5 Å². The van der Waals surface area contributed by atoms with Crippen molar-refractivity contribution in [2.45, 2.75) is 17.0 Å². The van der Waals surface area contributed by atoms with E-state index in [0.717, 1.165) is 22.9 Å². The van der Waals surface area contributed by atoms with Crippen LogP contribution in [0, 0.1) is 6.92 Å². The molecular formula is C21H20N4O4S2. The number of carbonyl (C=O) groups excluding carboxylic acids is 1. The number of amides is 1. The number of sulfonamides is 1. The van der Waals surface area contributed by atoms with Gasteiger partial charge in [-0.15, -0.1) is 0 Å². The highest BCUT2D eigenvalue weighted by molar-refractivity contribution is 7.99. The molecular weight excluding hydrogens is 436 g/mol. The second-order valence-corrected chi connectivity index (χ2v) is 9.81. The third kappa shape index (κ3) is 4.08. The first-order valence-corrected chi connectivity index (χ1v) is 11.8. The van der Waals surface area contributed by atoms with E-state index >= 15 is 0 Å². The third-order valence-corrected chi connectivity index (χ3v) is 7.44. The van der Waals surface area contributed by atoms with Crippen LogP contribution in [0.4, 0.5) is 11.4 Å². The Morgan fingerprint density at radius 1 is 1.23 bits per heavy atom. The fraction of sp³-hybridized carbons (Fsp3) is 0.190. The Hall–Kier alpha value is -3.11. The molecule has 0 saturated carbocycles. The molecule has 0 atom stereocenters. The van der Waals surface area contributed by atoms with Crippen LogP contribution >= 0.6 is 11.8 Å². The van der Waals surface area contributed by atoms with Gasteiger partial charge in [0.2, 0.25) is 5.91 Å². The minimum Gasteiger partial charge on any atom is -0.497 e. The summed E-state index contributed by atoms with van der Waals surface area (Å²) in [5.74, 6) is 0.482. The van der Waals surface area contributed by atoms with Crippen LogP contribution in [-0.2, 0) is 14.8 Å². The average Bonchev–Trinajstić information content (AvgIpc) is 2.76. The normalized spacial score (nSPS) is 13.8. The summed E-state index contributed by atoms with van der Waals surface area (Å²) in [7, 11) is -0.665. The van der Waals surface area contributed by atoms with Gasteiger partial charge in [0.05, 0.1) is 30.4 Å². The summed E-state index contributed by atoms with van der Waals surface area (Å²) in [4.78, 5) is 21.0. The number of aryl methyl sites for hydroxylation is 1. The van der Waals surface area contributed by atoms with E-state index in [1.807, 2.05) is 19.1 Å². The standard InChI is InChI=1S/C21H20N4O4S2/c1-13-7-8-17-16(9-13)20-18(31(27,28)25(17)2)11-22-21(24-20)30-12-19(26)23-14-5-4-6-15(10-14)29-3/h4-11H,12H2,1-3H3,(H,23,26). The lowest BCUT2D eigenvalue weighted by Crippen LogP contribution is -2.31. The SMILES string of the molecule is COc1cccc(NC(=O)CSc2ncc3c(n2)-c2cc(C)ccc2N(C)S3(=O)=O)c1. The Morgan fingerprint density at radius 2 is 2.03 bits per heavy atom. The van der Waals surface area contributed by atoms with Crippen molar-refractivity contribution in [3.63, 3.8) is 0 Å². The number of benzene rings is 2. The molecule has 1 aliphatic rings. The van der Waals surface area contributed by atoms with Gasteiger partial charge in [-0.3, -0.25) is 9.10 Å². The highest BCUT2D eigenvalue weighted by Gasteiger charge is 2.34. The minimum atomic E-state index is -3.73. The summed E-state index contributed by atoms with van der Waals surface area (Å²) in [6.07, 6.45) is 1.31. The number of ether oxygens (including phenoxy) is 1. The Bertz CT molecular complexity index is 1280. The predicted octanol–water partition coefficient (Wildman–Crippen LogP) is 3.33. The number of methoxy groups -OCH3 is 1. The number of nitrogens with zero attached hydrogens (tertiary/aromatic N) is 3. The van der Waals surface area contributed by atoms with Crippen LogP contribution in [-0.4, -0.2) is 44.2 Å². The summed E-state index contributed by atoms with van der Waals surface area (Å²) in [6, 6.07) is 12.6. The molecule has 0 unspecified atom stereocenters. The predicted molar refractivity (Wildman–Crippen MR) is 120 cm³/mol. The summed E-state index contributed by atoms with van der Waals surface area (Å²) in [6.45, 7) is 1.93. The van der Waals surface area contributed by atoms with Crippen LogP contribution in [0.15, 0.2) is 58.7 Å². The molecule has 1 aromatic heterocycles. The topological polar surface area (TPSA) is 101 Å². The van der Waals surface area contributed by atoms with Gasteiger partial charge in [0, 0.05) is 24.4 Å². The summed E-state index contributed by atoms with van der Waals surface area (Å²) < 4.78 is 32.1. The molecule has 8 nitrogen and oxygen atoms in total. The van der Waals surface area contributed by atoms with Crippen LogP contribution in [0.5, 0.6) is 5.75 Å². The zero-order chi connectivity index (χ0) is 22.2. The second kappa shape index (κ2) is 8.20. The van der Waals surface area contributed by atoms with E-state index in [-0.39, 0.29) is 16.6 Å². The molecule has 3 aromatic rings. The van der Waals surface area contributed by atoms with Crippen molar-refractivity contribution in [1.29, 1.82) is 0 Å². The van der Waals surface area contributed by atoms with Crippen molar-refractivity contribution >= 4 is 39.1 Å². The number of rotatable bonds is 5. The van der Waals surface area contributed by atoms with Crippen molar-refractivity contribution in [3.05, 3.63) is 54.2 Å². The Balaban J connectivity index is 1.57. The van der Waals surface area contributed by atoms with E-state index < -0.39 is 10.0 Å². The minimum absolute atomic E-state index is 0.0540. The van der Waals surface area contributed by atoms with E-state index in [1.165, 1.54) is 17.5 Å². The fourth-order valence-electron chi connectivity index (χ4n) is 3.23. The van der Waals surface area contributed by atoms with Crippen LogP contribution in [0.3, 0.4) is 0 Å². The Morgan fingerprint density at radius 3 is 2.81 bits per heavy atom. The maximum absolute atomic E-state index is 12.8. The molecule has 4 rings (SSSR count). The maximum atomic E-state index is 12.8. The van der Waals surface area contributed by atoms with Crippen molar-refractivity contribution < 1.29 is 17.9 Å². The molecule has 31 heavy (non-hydrogen) atoms. The van der Waals surface area contributed by atoms with E-state index in [0.29, 0.717) is 28.0 Å². The van der Waals surface area contributed by atoms with Crippen LogP contribution in [0.25, 0.3) is 11.3 Å². The molecule has 0 spiro atoms. The van der Waals surface area contributed by atoms with Crippen molar-refractivity contribution in [3.8, 4) is 17.0 Å². The molecule has 0 aliphatic carbocycles. The first-order chi connectivity index (χ1) is 14.8. The van der Waals surface area contributed by atoms with Crippen molar-refractivity contribution in [2.24, 2.45) is 0 Å². The lowest BCUT2D eigenvalue weighted by Gasteiger charge is -2.28. The summed E-state index contributed by atoms with van der Waals surface area (Å²) >= 11 is 1.14. The number of hydrogen-bond donors (Lipinski definition) is 1. The first kappa shape index (κ1) is 21.1. The maximum Gasteiger partial charge on any atom is 0.267 e. The Kier molecular flexibility index (Phi) is 5.59. The number of aromatic nitrogens is 2. The van der Waals surface area contributed by atoms with E-state index in [2.05, 4.69) is 15.3 Å². The van der Waals surface area contributed by atoms with Crippen LogP contribution < -0.4 is 14.4 Å². The van der Waals surface area contributed by atoms with Gasteiger partial charge < -0.3 is 10.1 Å². The van der Waals surface area contributed by atoms with Gasteiger partial charge in [-0.1, -0.05) is 29.5 Å². The first-order valence-electron chi connectivity index (χ1n) is 9.33. The van der Waals surface area contributed by atoms with Gasteiger partial charge in [0.25, 0.3) is 10.0 Å². The number of fused-ring (bicyclic) bond motifs is 3. The molecule has 0 bridgehead atoms. The molecule has 1 N–H and O–H groups in total. The lowest BCUT2D eigenvalue weighted by molar-refractivity contribution is -0.113. The molecule has 1 amide bonds. The smallest absolute Gasteiger partial charge is 0.267 e. The van der Waals surface area contributed by atoms with Gasteiger partial charge in [-0.05, 0) is 31.2 Å². The second-order valence-electron chi connectivity index (χ2n) is 6.93. The highest BCUT2D eigenvalue weighted by Crippen LogP contribution is 2.41. The van der Waals surface area contributed by atoms with Gasteiger partial charge in [0.1, 0.15) is 10.6 Å².